The van der Waals surface area contributed by atoms with Crippen LogP contribution in [0.15, 0.2) is 30.3 Å². The van der Waals surface area contributed by atoms with Crippen LogP contribution >= 0.6 is 11.6 Å². The number of aromatic nitrogens is 3. The first kappa shape index (κ1) is 14.3. The maximum atomic E-state index is 11.1. The number of nitro groups is 1. The summed E-state index contributed by atoms with van der Waals surface area (Å²) in [6.45, 7) is 1.68. The Labute approximate surface area is 130 Å². The molecule has 0 bridgehead atoms. The maximum Gasteiger partial charge on any atom is 0.272 e. The van der Waals surface area contributed by atoms with E-state index in [-0.39, 0.29) is 10.8 Å². The van der Waals surface area contributed by atoms with Gasteiger partial charge in [0, 0.05) is 23.3 Å². The second kappa shape index (κ2) is 5.27. The van der Waals surface area contributed by atoms with Gasteiger partial charge >= 0.3 is 0 Å². The molecule has 0 saturated carbocycles. The van der Waals surface area contributed by atoms with E-state index in [2.05, 4.69) is 10.1 Å². The normalized spacial score (nSPS) is 10.9. The van der Waals surface area contributed by atoms with Crippen LogP contribution in [0.25, 0.3) is 16.9 Å². The molecule has 7 nitrogen and oxygen atoms in total. The van der Waals surface area contributed by atoms with Crippen molar-refractivity contribution in [3.63, 3.8) is 0 Å². The van der Waals surface area contributed by atoms with Gasteiger partial charge in [-0.2, -0.15) is 4.52 Å². The van der Waals surface area contributed by atoms with E-state index in [1.165, 1.54) is 17.7 Å². The molecule has 0 unspecified atom stereocenters. The van der Waals surface area contributed by atoms with Crippen LogP contribution in [0.3, 0.4) is 0 Å². The van der Waals surface area contributed by atoms with Crippen LogP contribution in [0.5, 0.6) is 5.88 Å². The molecular weight excluding hydrogens is 308 g/mol. The Bertz CT molecular complexity index is 891. The molecule has 0 fully saturated rings. The molecule has 112 valence electrons. The summed E-state index contributed by atoms with van der Waals surface area (Å²) in [6, 6.07) is 8.25. The number of nitro benzene ring substituents is 1. The number of benzene rings is 1. The van der Waals surface area contributed by atoms with Gasteiger partial charge in [0.2, 0.25) is 5.88 Å². The van der Waals surface area contributed by atoms with Gasteiger partial charge in [0.15, 0.2) is 10.8 Å². The standard InChI is InChI=1S/C14H11ClN4O3/c1-8-3-4-9(7-10(8)19(20)21)13-14(15)18-11(16-13)5-6-12(17-18)22-2/h3-7H,1-2H3. The van der Waals surface area contributed by atoms with Gasteiger partial charge in [-0.3, -0.25) is 10.1 Å². The highest BCUT2D eigenvalue weighted by Crippen LogP contribution is 2.31. The summed E-state index contributed by atoms with van der Waals surface area (Å²) in [6.07, 6.45) is 0. The molecule has 0 radical (unpaired) electrons. The van der Waals surface area contributed by atoms with E-state index < -0.39 is 4.92 Å². The zero-order valence-electron chi connectivity index (χ0n) is 11.8. The highest BCUT2D eigenvalue weighted by atomic mass is 35.5. The predicted molar refractivity (Wildman–Crippen MR) is 81.4 cm³/mol. The number of ether oxygens (including phenoxy) is 1. The zero-order valence-corrected chi connectivity index (χ0v) is 12.5. The number of imidazole rings is 1. The third-order valence-corrected chi connectivity index (χ3v) is 3.63. The Morgan fingerprint density at radius 2 is 2.09 bits per heavy atom. The molecule has 22 heavy (non-hydrogen) atoms. The molecular formula is C14H11ClN4O3. The van der Waals surface area contributed by atoms with Crippen molar-refractivity contribution in [3.05, 3.63) is 51.2 Å². The minimum absolute atomic E-state index is 0.0242. The second-order valence-electron chi connectivity index (χ2n) is 4.66. The Morgan fingerprint density at radius 1 is 1.32 bits per heavy atom. The van der Waals surface area contributed by atoms with Crippen LogP contribution < -0.4 is 4.74 Å². The fraction of sp³-hybridized carbons (Fsp3) is 0.143. The summed E-state index contributed by atoms with van der Waals surface area (Å²) in [5, 5.41) is 15.5. The minimum atomic E-state index is -0.427. The first-order chi connectivity index (χ1) is 10.5. The Morgan fingerprint density at radius 3 is 2.77 bits per heavy atom. The lowest BCUT2D eigenvalue weighted by atomic mass is 10.1. The van der Waals surface area contributed by atoms with Gasteiger partial charge in [-0.1, -0.05) is 23.7 Å². The van der Waals surface area contributed by atoms with Crippen LogP contribution in [0.1, 0.15) is 5.56 Å². The molecule has 0 amide bonds. The molecule has 1 aromatic carbocycles. The summed E-state index contributed by atoms with van der Waals surface area (Å²) in [4.78, 5) is 15.0. The number of rotatable bonds is 3. The van der Waals surface area contributed by atoms with Gasteiger partial charge in [0.25, 0.3) is 5.69 Å². The Hall–Kier alpha value is -2.67. The van der Waals surface area contributed by atoms with Gasteiger partial charge in [0.05, 0.1) is 12.0 Å². The summed E-state index contributed by atoms with van der Waals surface area (Å²) >= 11 is 6.30. The van der Waals surface area contributed by atoms with Crippen molar-refractivity contribution in [2.24, 2.45) is 0 Å². The molecule has 0 aliphatic carbocycles. The van der Waals surface area contributed by atoms with Gasteiger partial charge in [0.1, 0.15) is 5.69 Å². The van der Waals surface area contributed by atoms with E-state index >= 15 is 0 Å². The van der Waals surface area contributed by atoms with Crippen molar-refractivity contribution in [2.45, 2.75) is 6.92 Å². The third-order valence-electron chi connectivity index (χ3n) is 3.29. The average Bonchev–Trinajstić information content (AvgIpc) is 2.84. The van der Waals surface area contributed by atoms with Crippen LogP contribution in [0, 0.1) is 17.0 Å². The van der Waals surface area contributed by atoms with Crippen molar-refractivity contribution >= 4 is 22.9 Å². The van der Waals surface area contributed by atoms with E-state index in [1.54, 1.807) is 31.2 Å². The first-order valence-corrected chi connectivity index (χ1v) is 6.73. The van der Waals surface area contributed by atoms with Crippen molar-refractivity contribution in [1.82, 2.24) is 14.6 Å². The number of aryl methyl sites for hydroxylation is 1. The first-order valence-electron chi connectivity index (χ1n) is 6.36. The number of hydrogen-bond acceptors (Lipinski definition) is 5. The monoisotopic (exact) mass is 318 g/mol. The van der Waals surface area contributed by atoms with Crippen molar-refractivity contribution in [1.29, 1.82) is 0 Å². The SMILES string of the molecule is COc1ccc2nc(-c3ccc(C)c([N+](=O)[O-])c3)c(Cl)n2n1. The predicted octanol–water partition coefficient (Wildman–Crippen LogP) is 3.27. The van der Waals surface area contributed by atoms with E-state index in [9.17, 15) is 10.1 Å². The molecule has 2 heterocycles. The van der Waals surface area contributed by atoms with Crippen LogP contribution in [0.4, 0.5) is 5.69 Å². The molecule has 0 saturated heterocycles. The fourth-order valence-corrected chi connectivity index (χ4v) is 2.41. The largest absolute Gasteiger partial charge is 0.480 e. The molecule has 0 aliphatic rings. The van der Waals surface area contributed by atoms with Crippen LogP contribution in [-0.2, 0) is 0 Å². The van der Waals surface area contributed by atoms with Crippen LogP contribution in [-0.4, -0.2) is 26.6 Å². The van der Waals surface area contributed by atoms with Crippen molar-refractivity contribution < 1.29 is 9.66 Å². The molecule has 0 N–H and O–H groups in total. The van der Waals surface area contributed by atoms with Crippen LogP contribution in [0.2, 0.25) is 5.15 Å². The van der Waals surface area contributed by atoms with Gasteiger partial charge in [-0.15, -0.1) is 5.10 Å². The van der Waals surface area contributed by atoms with Gasteiger partial charge in [-0.05, 0) is 13.0 Å². The highest BCUT2D eigenvalue weighted by molar-refractivity contribution is 6.32. The van der Waals surface area contributed by atoms with E-state index in [1.807, 2.05) is 0 Å². The van der Waals surface area contributed by atoms with E-state index in [0.717, 1.165) is 0 Å². The fourth-order valence-electron chi connectivity index (χ4n) is 2.14. The lowest BCUT2D eigenvalue weighted by Crippen LogP contribution is -1.95. The summed E-state index contributed by atoms with van der Waals surface area (Å²) in [7, 11) is 1.50. The molecule has 0 aliphatic heterocycles. The zero-order chi connectivity index (χ0) is 15.9. The quantitative estimate of drug-likeness (QED) is 0.546. The summed E-state index contributed by atoms with van der Waals surface area (Å²) in [5.41, 5.74) is 2.13. The number of fused-ring (bicyclic) bond motifs is 1. The number of halogens is 1. The topological polar surface area (TPSA) is 82.6 Å². The molecule has 2 aromatic heterocycles. The Balaban J connectivity index is 2.20. The summed E-state index contributed by atoms with van der Waals surface area (Å²) < 4.78 is 6.48. The summed E-state index contributed by atoms with van der Waals surface area (Å²) in [5.74, 6) is 0.397. The van der Waals surface area contributed by atoms with Gasteiger partial charge in [-0.25, -0.2) is 4.98 Å². The molecule has 3 rings (SSSR count). The van der Waals surface area contributed by atoms with Gasteiger partial charge < -0.3 is 4.74 Å². The highest BCUT2D eigenvalue weighted by Gasteiger charge is 2.18. The van der Waals surface area contributed by atoms with E-state index in [0.29, 0.717) is 28.3 Å². The Kier molecular flexibility index (Phi) is 3.42. The molecule has 3 aromatic rings. The molecule has 0 spiro atoms. The average molecular weight is 319 g/mol. The van der Waals surface area contributed by atoms with Crippen molar-refractivity contribution in [3.8, 4) is 17.1 Å². The minimum Gasteiger partial charge on any atom is -0.480 e. The number of nitrogens with zero attached hydrogens (tertiary/aromatic N) is 4. The second-order valence-corrected chi connectivity index (χ2v) is 5.01. The third kappa shape index (κ3) is 2.25. The number of methoxy groups -OCH3 is 1. The molecule has 0 atom stereocenters. The number of hydrogen-bond donors (Lipinski definition) is 0. The van der Waals surface area contributed by atoms with Crippen molar-refractivity contribution in [2.75, 3.05) is 7.11 Å². The molecule has 8 heteroatoms. The van der Waals surface area contributed by atoms with E-state index in [4.69, 9.17) is 16.3 Å². The maximum absolute atomic E-state index is 11.1. The lowest BCUT2D eigenvalue weighted by molar-refractivity contribution is -0.385. The smallest absolute Gasteiger partial charge is 0.272 e. The lowest BCUT2D eigenvalue weighted by Gasteiger charge is -2.01.